The summed E-state index contributed by atoms with van der Waals surface area (Å²) in [6.07, 6.45) is -4.66. The van der Waals surface area contributed by atoms with E-state index < -0.39 is 45.4 Å². The lowest BCUT2D eigenvalue weighted by atomic mass is 9.92. The van der Waals surface area contributed by atoms with Crippen LogP contribution in [0.3, 0.4) is 0 Å². The summed E-state index contributed by atoms with van der Waals surface area (Å²) in [6, 6.07) is 4.57. The molecule has 4 rings (SSSR count). The van der Waals surface area contributed by atoms with Gasteiger partial charge in [0.05, 0.1) is 21.1 Å². The van der Waals surface area contributed by atoms with Crippen molar-refractivity contribution in [2.24, 2.45) is 0 Å². The quantitative estimate of drug-likeness (QED) is 0.596. The Labute approximate surface area is 147 Å². The molecule has 0 amide bonds. The van der Waals surface area contributed by atoms with E-state index in [1.165, 1.54) is 0 Å². The largest absolute Gasteiger partial charge is 0.456 e. The fraction of sp³-hybridized carbons (Fsp3) is 0.188. The summed E-state index contributed by atoms with van der Waals surface area (Å²) in [6.45, 7) is 0. The summed E-state index contributed by atoms with van der Waals surface area (Å²) >= 11 is 5.97. The van der Waals surface area contributed by atoms with Crippen molar-refractivity contribution < 1.29 is 32.7 Å². The van der Waals surface area contributed by atoms with Crippen LogP contribution < -0.4 is 4.74 Å². The van der Waals surface area contributed by atoms with E-state index in [1.807, 2.05) is 0 Å². The van der Waals surface area contributed by atoms with Gasteiger partial charge in [0, 0.05) is 11.6 Å². The zero-order valence-electron chi connectivity index (χ0n) is 12.5. The average Bonchev–Trinajstić information content (AvgIpc) is 2.95. The first kappa shape index (κ1) is 16.8. The van der Waals surface area contributed by atoms with Crippen LogP contribution in [-0.2, 0) is 12.0 Å². The molecule has 0 aromatic heterocycles. The maximum atomic E-state index is 12.9. The zero-order valence-corrected chi connectivity index (χ0v) is 13.3. The maximum Gasteiger partial charge on any atom is 0.416 e. The molecule has 1 N–H and O–H groups in total. The van der Waals surface area contributed by atoms with Crippen LogP contribution in [0.5, 0.6) is 5.75 Å². The summed E-state index contributed by atoms with van der Waals surface area (Å²) in [7, 11) is 0. The first-order valence-corrected chi connectivity index (χ1v) is 7.57. The highest BCUT2D eigenvalue weighted by Crippen LogP contribution is 2.59. The Hall–Kier alpha value is -2.65. The molecule has 2 aromatic rings. The normalized spacial score (nSPS) is 23.3. The number of carbonyl (C=O) groups excluding carboxylic acids is 1. The highest BCUT2D eigenvalue weighted by atomic mass is 35.5. The molecule has 26 heavy (non-hydrogen) atoms. The maximum absolute atomic E-state index is 12.9. The van der Waals surface area contributed by atoms with Gasteiger partial charge in [-0.25, -0.2) is 0 Å². The zero-order chi connectivity index (χ0) is 19.0. The van der Waals surface area contributed by atoms with Crippen LogP contribution in [-0.4, -0.2) is 15.8 Å². The van der Waals surface area contributed by atoms with Gasteiger partial charge < -0.3 is 9.84 Å². The average molecular weight is 386 g/mol. The van der Waals surface area contributed by atoms with E-state index in [-0.39, 0.29) is 21.9 Å². The fourth-order valence-electron chi connectivity index (χ4n) is 3.46. The molecule has 0 radical (unpaired) electrons. The van der Waals surface area contributed by atoms with Gasteiger partial charge in [-0.15, -0.1) is 0 Å². The summed E-state index contributed by atoms with van der Waals surface area (Å²) in [5, 5.41) is 22.1. The molecule has 1 aliphatic heterocycles. The lowest BCUT2D eigenvalue weighted by Gasteiger charge is -2.22. The highest BCUT2D eigenvalue weighted by Gasteiger charge is 2.63. The van der Waals surface area contributed by atoms with Crippen LogP contribution >= 0.6 is 11.6 Å². The molecule has 1 aliphatic carbocycles. The van der Waals surface area contributed by atoms with E-state index in [4.69, 9.17) is 16.3 Å². The second kappa shape index (κ2) is 4.95. The minimum Gasteiger partial charge on any atom is -0.456 e. The van der Waals surface area contributed by atoms with E-state index in [0.29, 0.717) is 6.07 Å². The van der Waals surface area contributed by atoms with Gasteiger partial charge >= 0.3 is 6.18 Å². The van der Waals surface area contributed by atoms with Crippen LogP contribution in [0.4, 0.5) is 18.9 Å². The lowest BCUT2D eigenvalue weighted by molar-refractivity contribution is -0.387. The van der Waals surface area contributed by atoms with Crippen molar-refractivity contribution in [3.8, 4) is 5.75 Å². The third kappa shape index (κ3) is 2.01. The van der Waals surface area contributed by atoms with Crippen LogP contribution in [0.2, 0.25) is 5.02 Å². The standard InChI is InChI=1S/C16H7ClF3NO5/c17-8-3-4-9(21(24)25)13-11(8)14(22)12-7-2-1-6(16(18,19)20)5-10(7)26-15(12,13)23/h1-5,12,23H. The molecule has 2 aliphatic rings. The monoisotopic (exact) mass is 385 g/mol. The number of rotatable bonds is 1. The van der Waals surface area contributed by atoms with E-state index in [9.17, 15) is 33.2 Å². The van der Waals surface area contributed by atoms with Crippen molar-refractivity contribution in [2.45, 2.75) is 17.9 Å². The Morgan fingerprint density at radius 2 is 1.96 bits per heavy atom. The van der Waals surface area contributed by atoms with Gasteiger partial charge in [-0.05, 0) is 18.2 Å². The number of Topliss-reactive ketones (excluding diaryl/α,β-unsaturated/α-hetero) is 1. The molecule has 6 nitrogen and oxygen atoms in total. The van der Waals surface area contributed by atoms with Gasteiger partial charge in [0.1, 0.15) is 17.2 Å². The summed E-state index contributed by atoms with van der Waals surface area (Å²) in [5.74, 6) is -5.05. The number of carbonyl (C=O) groups is 1. The predicted octanol–water partition coefficient (Wildman–Crippen LogP) is 3.78. The molecule has 0 bridgehead atoms. The summed E-state index contributed by atoms with van der Waals surface area (Å²) in [4.78, 5) is 23.2. The van der Waals surface area contributed by atoms with E-state index in [1.54, 1.807) is 0 Å². The highest BCUT2D eigenvalue weighted by molar-refractivity contribution is 6.35. The molecule has 134 valence electrons. The van der Waals surface area contributed by atoms with E-state index in [2.05, 4.69) is 0 Å². The Bertz CT molecular complexity index is 1010. The number of fused-ring (bicyclic) bond motifs is 5. The first-order chi connectivity index (χ1) is 12.1. The molecule has 2 atom stereocenters. The Morgan fingerprint density at radius 3 is 2.58 bits per heavy atom. The molecular weight excluding hydrogens is 379 g/mol. The lowest BCUT2D eigenvalue weighted by Crippen LogP contribution is -2.33. The van der Waals surface area contributed by atoms with Crippen LogP contribution in [0.25, 0.3) is 0 Å². The number of nitro benzene ring substituents is 1. The molecule has 10 heteroatoms. The molecule has 0 saturated heterocycles. The van der Waals surface area contributed by atoms with Gasteiger partial charge in [-0.3, -0.25) is 14.9 Å². The van der Waals surface area contributed by atoms with Crippen molar-refractivity contribution in [1.29, 1.82) is 0 Å². The second-order valence-electron chi connectivity index (χ2n) is 5.92. The van der Waals surface area contributed by atoms with Crippen molar-refractivity contribution in [3.05, 3.63) is 67.7 Å². The minimum absolute atomic E-state index is 0.00654. The Balaban J connectivity index is 1.95. The third-order valence-electron chi connectivity index (χ3n) is 4.50. The summed E-state index contributed by atoms with van der Waals surface area (Å²) < 4.78 is 43.9. The van der Waals surface area contributed by atoms with Crippen molar-refractivity contribution in [2.75, 3.05) is 0 Å². The van der Waals surface area contributed by atoms with Crippen LogP contribution in [0.15, 0.2) is 30.3 Å². The SMILES string of the molecule is O=C1c2c(Cl)ccc([N+](=O)[O-])c2C2(O)Oc3cc(C(F)(F)F)ccc3C12. The number of nitrogens with zero attached hydrogens (tertiary/aromatic N) is 1. The number of aliphatic hydroxyl groups is 1. The summed E-state index contributed by atoms with van der Waals surface area (Å²) in [5.41, 5.74) is -2.35. The van der Waals surface area contributed by atoms with Gasteiger partial charge in [0.25, 0.3) is 11.5 Å². The number of hydrogen-bond donors (Lipinski definition) is 1. The third-order valence-corrected chi connectivity index (χ3v) is 4.82. The number of ether oxygens (including phenoxy) is 1. The Kier molecular flexibility index (Phi) is 3.20. The molecule has 2 aromatic carbocycles. The number of nitro groups is 1. The van der Waals surface area contributed by atoms with Crippen LogP contribution in [0.1, 0.15) is 33.0 Å². The van der Waals surface area contributed by atoms with Crippen LogP contribution in [0, 0.1) is 10.1 Å². The predicted molar refractivity (Wildman–Crippen MR) is 81.1 cm³/mol. The van der Waals surface area contributed by atoms with Gasteiger partial charge in [-0.1, -0.05) is 17.7 Å². The molecule has 2 unspecified atom stereocenters. The van der Waals surface area contributed by atoms with E-state index in [0.717, 1.165) is 24.3 Å². The molecule has 0 saturated carbocycles. The number of ketones is 1. The smallest absolute Gasteiger partial charge is 0.416 e. The van der Waals surface area contributed by atoms with Crippen molar-refractivity contribution >= 4 is 23.1 Å². The number of halogens is 4. The van der Waals surface area contributed by atoms with Gasteiger partial charge in [-0.2, -0.15) is 13.2 Å². The van der Waals surface area contributed by atoms with Gasteiger partial charge in [0.2, 0.25) is 0 Å². The second-order valence-corrected chi connectivity index (χ2v) is 6.33. The fourth-order valence-corrected chi connectivity index (χ4v) is 3.71. The minimum atomic E-state index is -4.66. The number of alkyl halides is 3. The number of hydrogen-bond acceptors (Lipinski definition) is 5. The first-order valence-electron chi connectivity index (χ1n) is 7.20. The van der Waals surface area contributed by atoms with Crippen molar-refractivity contribution in [1.82, 2.24) is 0 Å². The van der Waals surface area contributed by atoms with Crippen molar-refractivity contribution in [3.63, 3.8) is 0 Å². The van der Waals surface area contributed by atoms with E-state index >= 15 is 0 Å². The molecular formula is C16H7ClF3NO5. The molecule has 0 spiro atoms. The Morgan fingerprint density at radius 1 is 1.27 bits per heavy atom. The number of benzene rings is 2. The van der Waals surface area contributed by atoms with Gasteiger partial charge in [0.15, 0.2) is 5.78 Å². The molecule has 0 fully saturated rings. The molecule has 1 heterocycles. The topological polar surface area (TPSA) is 89.7 Å².